The zero-order valence-electron chi connectivity index (χ0n) is 26.9. The lowest BCUT2D eigenvalue weighted by molar-refractivity contribution is -0.155. The van der Waals surface area contributed by atoms with Gasteiger partial charge in [0.1, 0.15) is 23.7 Å². The predicted molar refractivity (Wildman–Crippen MR) is 168 cm³/mol. The molecule has 2 amide bonds. The molecule has 0 unspecified atom stereocenters. The number of anilines is 1. The second-order valence-corrected chi connectivity index (χ2v) is 14.8. The Morgan fingerprint density at radius 3 is 2.45 bits per heavy atom. The van der Waals surface area contributed by atoms with Gasteiger partial charge in [-0.05, 0) is 74.4 Å². The number of methoxy groups -OCH3 is 1. The van der Waals surface area contributed by atoms with E-state index in [4.69, 9.17) is 9.47 Å². The van der Waals surface area contributed by atoms with E-state index >= 15 is 4.39 Å². The Balaban J connectivity index is 1.32. The number of alkyl halides is 3. The number of ether oxygens (including phenoxy) is 2. The van der Waals surface area contributed by atoms with Gasteiger partial charge in [-0.3, -0.25) is 19.1 Å². The summed E-state index contributed by atoms with van der Waals surface area (Å²) >= 11 is 0. The third-order valence-corrected chi connectivity index (χ3v) is 9.67. The smallest absolute Gasteiger partial charge is 0.496 e. The fraction of sp³-hybridized carbons (Fsp3) is 0.394. The van der Waals surface area contributed by atoms with E-state index < -0.39 is 61.4 Å². The van der Waals surface area contributed by atoms with E-state index in [0.717, 1.165) is 24.3 Å². The molecule has 16 heteroatoms. The van der Waals surface area contributed by atoms with Crippen molar-refractivity contribution in [1.82, 2.24) is 15.1 Å². The lowest BCUT2D eigenvalue weighted by Gasteiger charge is -2.28. The Kier molecular flexibility index (Phi) is 9.65. The van der Waals surface area contributed by atoms with Crippen molar-refractivity contribution in [2.45, 2.75) is 62.2 Å². The predicted octanol–water partition coefficient (Wildman–Crippen LogP) is 4.82. The summed E-state index contributed by atoms with van der Waals surface area (Å²) in [5.74, 6) is -3.88. The number of aromatic nitrogens is 2. The molecule has 2 aliphatic rings. The van der Waals surface area contributed by atoms with Crippen LogP contribution in [0.25, 0.3) is 0 Å². The summed E-state index contributed by atoms with van der Waals surface area (Å²) in [6, 6.07) is 5.51. The quantitative estimate of drug-likeness (QED) is 0.174. The molecule has 1 saturated carbocycles. The molecule has 2 bridgehead atoms. The Hall–Kier alpha value is -4.73. The largest absolute Gasteiger partial charge is 0.501 e. The maximum Gasteiger partial charge on any atom is 0.501 e. The summed E-state index contributed by atoms with van der Waals surface area (Å²) in [6.45, 7) is 5.07. The number of allylic oxidation sites excluding steroid dienone is 1. The van der Waals surface area contributed by atoms with E-state index in [0.29, 0.717) is 12.0 Å². The van der Waals surface area contributed by atoms with Crippen molar-refractivity contribution < 1.29 is 49.8 Å². The van der Waals surface area contributed by atoms with Gasteiger partial charge >= 0.3 is 11.5 Å². The Morgan fingerprint density at radius 2 is 1.78 bits per heavy atom. The van der Waals surface area contributed by atoms with Crippen molar-refractivity contribution in [1.29, 1.82) is 0 Å². The number of nitrogens with one attached hydrogen (secondary N) is 2. The molecule has 0 saturated heterocycles. The van der Waals surface area contributed by atoms with Crippen molar-refractivity contribution in [2.75, 3.05) is 12.4 Å². The summed E-state index contributed by atoms with van der Waals surface area (Å²) in [6.07, 6.45) is 7.25. The van der Waals surface area contributed by atoms with E-state index in [1.54, 1.807) is 27.0 Å². The molecule has 1 aromatic heterocycles. The van der Waals surface area contributed by atoms with Crippen LogP contribution in [0.2, 0.25) is 0 Å². The number of carbonyl (C=O) groups excluding carboxylic acids is 3. The highest BCUT2D eigenvalue weighted by Gasteiger charge is 2.49. The number of amides is 2. The molecule has 0 spiro atoms. The fourth-order valence-electron chi connectivity index (χ4n) is 6.10. The highest BCUT2D eigenvalue weighted by molar-refractivity contribution is 7.92. The monoisotopic (exact) mass is 706 g/mol. The third kappa shape index (κ3) is 7.79. The first-order valence-electron chi connectivity index (χ1n) is 15.2. The molecular formula is C33H34F4N4O7S. The van der Waals surface area contributed by atoms with Gasteiger partial charge in [0.25, 0.3) is 15.7 Å². The molecule has 2 aliphatic carbocycles. The van der Waals surface area contributed by atoms with Crippen LogP contribution in [0.5, 0.6) is 5.75 Å². The summed E-state index contributed by atoms with van der Waals surface area (Å²) in [4.78, 5) is 38.3. The van der Waals surface area contributed by atoms with Crippen LogP contribution in [0.1, 0.15) is 48.7 Å². The number of halogens is 4. The van der Waals surface area contributed by atoms with Gasteiger partial charge in [0.15, 0.2) is 0 Å². The van der Waals surface area contributed by atoms with E-state index in [1.165, 1.54) is 30.1 Å². The van der Waals surface area contributed by atoms with Crippen LogP contribution < -0.4 is 15.4 Å². The maximum absolute atomic E-state index is 15.2. The van der Waals surface area contributed by atoms with Gasteiger partial charge in [0.05, 0.1) is 29.7 Å². The molecule has 0 radical (unpaired) electrons. The highest BCUT2D eigenvalue weighted by Crippen LogP contribution is 2.44. The van der Waals surface area contributed by atoms with Crippen molar-refractivity contribution >= 4 is 33.3 Å². The minimum Gasteiger partial charge on any atom is -0.496 e. The average Bonchev–Trinajstić information content (AvgIpc) is 3.73. The molecule has 4 atom stereocenters. The third-order valence-electron chi connectivity index (χ3n) is 8.18. The number of nitrogens with zero attached hydrogens (tertiary/aromatic N) is 2. The zero-order chi connectivity index (χ0) is 35.9. The van der Waals surface area contributed by atoms with Crippen molar-refractivity contribution in [3.63, 3.8) is 0 Å². The van der Waals surface area contributed by atoms with Crippen LogP contribution in [-0.2, 0) is 37.1 Å². The molecule has 11 nitrogen and oxygen atoms in total. The second-order valence-electron chi connectivity index (χ2n) is 12.9. The van der Waals surface area contributed by atoms with E-state index in [1.807, 2.05) is 12.2 Å². The maximum atomic E-state index is 15.2. The standard InChI is InChI=1S/C33H34F4N4O7S/c1-32(2,3)48-27(42)17-41-16-18(15-38-41)10-21-12-24(26(47-4)14-25(21)34)30(43)40-29-20-9-8-19(11-20)28(29)31(44)39-22-6-5-7-23(13-22)49(45,46)33(35,36)37/h5-9,12-16,19-20,28-29H,10-11,17H2,1-4H3,(H,39,44)(H,40,43)/t19-,20+,28+,29-/m1/s1. The number of benzene rings is 2. The molecule has 5 rings (SSSR count). The SMILES string of the molecule is COc1cc(F)c(Cc2cnn(CC(=O)OC(C)(C)C)c2)cc1C(=O)N[C@H]1[C@@H](C(=O)Nc2cccc(S(=O)(=O)C(F)(F)F)c2)[C@@H]2C=C[C@H]1C2. The lowest BCUT2D eigenvalue weighted by atomic mass is 9.87. The first-order valence-corrected chi connectivity index (χ1v) is 16.7. The number of fused-ring (bicyclic) bond motifs is 2. The minimum atomic E-state index is -5.64. The van der Waals surface area contributed by atoms with Gasteiger partial charge in [0.2, 0.25) is 5.91 Å². The first-order chi connectivity index (χ1) is 22.9. The highest BCUT2D eigenvalue weighted by atomic mass is 32.2. The number of hydrogen-bond acceptors (Lipinski definition) is 8. The van der Waals surface area contributed by atoms with Gasteiger partial charge in [-0.25, -0.2) is 12.8 Å². The molecule has 1 heterocycles. The number of rotatable bonds is 10. The van der Waals surface area contributed by atoms with Crippen LogP contribution in [0, 0.1) is 23.6 Å². The Bertz CT molecular complexity index is 1920. The average molecular weight is 707 g/mol. The van der Waals surface area contributed by atoms with Crippen LogP contribution in [0.15, 0.2) is 65.8 Å². The Labute approximate surface area is 279 Å². The van der Waals surface area contributed by atoms with Gasteiger partial charge in [-0.15, -0.1) is 0 Å². The lowest BCUT2D eigenvalue weighted by Crippen LogP contribution is -2.47. The molecule has 1 fully saturated rings. The summed E-state index contributed by atoms with van der Waals surface area (Å²) in [5.41, 5.74) is -5.67. The van der Waals surface area contributed by atoms with Crippen molar-refractivity contribution in [2.24, 2.45) is 17.8 Å². The van der Waals surface area contributed by atoms with Gasteiger partial charge in [-0.2, -0.15) is 18.3 Å². The van der Waals surface area contributed by atoms with Crippen LogP contribution in [0.3, 0.4) is 0 Å². The fourth-order valence-corrected chi connectivity index (χ4v) is 6.90. The zero-order valence-corrected chi connectivity index (χ0v) is 27.7. The summed E-state index contributed by atoms with van der Waals surface area (Å²) < 4.78 is 90.2. The van der Waals surface area contributed by atoms with E-state index in [-0.39, 0.29) is 47.4 Å². The topological polar surface area (TPSA) is 146 Å². The molecule has 49 heavy (non-hydrogen) atoms. The van der Waals surface area contributed by atoms with Crippen molar-refractivity contribution in [3.8, 4) is 5.75 Å². The van der Waals surface area contributed by atoms with Crippen LogP contribution in [-0.4, -0.2) is 60.2 Å². The molecule has 3 aromatic rings. The summed E-state index contributed by atoms with van der Waals surface area (Å²) in [5, 5.41) is 9.50. The van der Waals surface area contributed by atoms with E-state index in [2.05, 4.69) is 15.7 Å². The normalized spacial score (nSPS) is 20.2. The number of esters is 1. The molecule has 2 N–H and O–H groups in total. The number of hydrogen-bond donors (Lipinski definition) is 2. The molecular weight excluding hydrogens is 672 g/mol. The number of sulfone groups is 1. The first kappa shape index (κ1) is 35.6. The molecule has 262 valence electrons. The second kappa shape index (κ2) is 13.3. The van der Waals surface area contributed by atoms with Crippen LogP contribution >= 0.6 is 0 Å². The molecule has 2 aromatic carbocycles. The molecule has 0 aliphatic heterocycles. The van der Waals surface area contributed by atoms with Crippen LogP contribution in [0.4, 0.5) is 23.2 Å². The summed E-state index contributed by atoms with van der Waals surface area (Å²) in [7, 11) is -4.37. The van der Waals surface area contributed by atoms with Gasteiger partial charge in [-0.1, -0.05) is 18.2 Å². The minimum absolute atomic E-state index is 0.00369. The Morgan fingerprint density at radius 1 is 1.06 bits per heavy atom. The van der Waals surface area contributed by atoms with E-state index in [9.17, 15) is 36.0 Å². The van der Waals surface area contributed by atoms with Gasteiger partial charge in [0, 0.05) is 30.4 Å². The van der Waals surface area contributed by atoms with Gasteiger partial charge < -0.3 is 20.1 Å². The van der Waals surface area contributed by atoms with Crippen molar-refractivity contribution in [3.05, 3.63) is 83.5 Å². The number of carbonyl (C=O) groups is 3.